The van der Waals surface area contributed by atoms with Crippen molar-refractivity contribution >= 4 is 23.4 Å². The number of nitrogens with one attached hydrogen (secondary N) is 1. The third-order valence-electron chi connectivity index (χ3n) is 6.32. The maximum Gasteiger partial charge on any atom is 0.229 e. The monoisotopic (exact) mass is 389 g/mol. The SMILES string of the molecule is Cc1ccc(C2C3=C(CCCC3=O)Nc3nc(N4CCCCC4)nc(N)c32)cc1. The number of Topliss-reactive ketones (excluding diaryl/α,β-unsaturated/α-hetero) is 1. The van der Waals surface area contributed by atoms with E-state index in [0.717, 1.165) is 67.0 Å². The highest BCUT2D eigenvalue weighted by Crippen LogP contribution is 2.47. The van der Waals surface area contributed by atoms with E-state index in [9.17, 15) is 4.79 Å². The molecular weight excluding hydrogens is 362 g/mol. The minimum absolute atomic E-state index is 0.203. The Morgan fingerprint density at radius 2 is 1.79 bits per heavy atom. The van der Waals surface area contributed by atoms with Crippen molar-refractivity contribution in [2.75, 3.05) is 29.0 Å². The summed E-state index contributed by atoms with van der Waals surface area (Å²) in [5.74, 6) is 1.93. The molecule has 0 bridgehead atoms. The number of nitrogens with zero attached hydrogens (tertiary/aromatic N) is 3. The van der Waals surface area contributed by atoms with E-state index in [0.29, 0.717) is 18.2 Å². The van der Waals surface area contributed by atoms with Crippen molar-refractivity contribution in [3.05, 3.63) is 52.2 Å². The molecule has 1 aromatic heterocycles. The fourth-order valence-corrected chi connectivity index (χ4v) is 4.80. The Kier molecular flexibility index (Phi) is 4.49. The first-order valence-corrected chi connectivity index (χ1v) is 10.6. The Balaban J connectivity index is 1.65. The van der Waals surface area contributed by atoms with Gasteiger partial charge < -0.3 is 16.0 Å². The summed E-state index contributed by atoms with van der Waals surface area (Å²) in [7, 11) is 0. The number of anilines is 3. The van der Waals surface area contributed by atoms with Gasteiger partial charge in [0.25, 0.3) is 0 Å². The largest absolute Gasteiger partial charge is 0.383 e. The van der Waals surface area contributed by atoms with Gasteiger partial charge in [0.2, 0.25) is 5.95 Å². The number of rotatable bonds is 2. The molecule has 6 heteroatoms. The zero-order chi connectivity index (χ0) is 20.0. The molecule has 1 fully saturated rings. The molecule has 0 saturated carbocycles. The smallest absolute Gasteiger partial charge is 0.229 e. The van der Waals surface area contributed by atoms with Gasteiger partial charge in [-0.05, 0) is 44.6 Å². The molecule has 0 radical (unpaired) electrons. The number of benzene rings is 1. The summed E-state index contributed by atoms with van der Waals surface area (Å²) >= 11 is 0. The maximum atomic E-state index is 12.9. The predicted molar refractivity (Wildman–Crippen MR) is 115 cm³/mol. The zero-order valence-corrected chi connectivity index (χ0v) is 16.9. The van der Waals surface area contributed by atoms with E-state index in [1.54, 1.807) is 0 Å². The third-order valence-corrected chi connectivity index (χ3v) is 6.32. The van der Waals surface area contributed by atoms with Crippen LogP contribution in [0, 0.1) is 6.92 Å². The summed E-state index contributed by atoms with van der Waals surface area (Å²) in [6.45, 7) is 4.00. The second-order valence-electron chi connectivity index (χ2n) is 8.36. The first-order chi connectivity index (χ1) is 14.1. The lowest BCUT2D eigenvalue weighted by Gasteiger charge is -2.35. The van der Waals surface area contributed by atoms with Gasteiger partial charge in [0.1, 0.15) is 11.6 Å². The molecule has 5 rings (SSSR count). The number of aromatic nitrogens is 2. The molecule has 0 amide bonds. The first-order valence-electron chi connectivity index (χ1n) is 10.6. The van der Waals surface area contributed by atoms with Crippen LogP contribution in [-0.4, -0.2) is 28.8 Å². The van der Waals surface area contributed by atoms with Crippen LogP contribution < -0.4 is 16.0 Å². The quantitative estimate of drug-likeness (QED) is 0.810. The molecule has 1 atom stereocenters. The Hall–Kier alpha value is -2.89. The zero-order valence-electron chi connectivity index (χ0n) is 16.9. The van der Waals surface area contributed by atoms with Gasteiger partial charge >= 0.3 is 0 Å². The summed E-state index contributed by atoms with van der Waals surface area (Å²) in [6.07, 6.45) is 5.90. The molecule has 2 aliphatic heterocycles. The Bertz CT molecular complexity index is 989. The lowest BCUT2D eigenvalue weighted by Crippen LogP contribution is -2.33. The molecule has 29 heavy (non-hydrogen) atoms. The Labute approximate surface area is 171 Å². The number of nitrogens with two attached hydrogens (primary N) is 1. The number of hydrogen-bond donors (Lipinski definition) is 2. The van der Waals surface area contributed by atoms with Gasteiger partial charge in [-0.2, -0.15) is 9.97 Å². The average molecular weight is 390 g/mol. The lowest BCUT2D eigenvalue weighted by atomic mass is 9.76. The van der Waals surface area contributed by atoms with Gasteiger partial charge in [0.15, 0.2) is 5.78 Å². The van der Waals surface area contributed by atoms with Crippen LogP contribution in [0.15, 0.2) is 35.5 Å². The molecule has 2 aromatic rings. The number of fused-ring (bicyclic) bond motifs is 1. The van der Waals surface area contributed by atoms with Crippen LogP contribution in [0.3, 0.4) is 0 Å². The van der Waals surface area contributed by atoms with Crippen LogP contribution in [0.5, 0.6) is 0 Å². The standard InChI is InChI=1S/C23H27N5O/c1-14-8-10-15(11-9-14)18-19-16(6-5-7-17(19)29)25-22-20(18)21(24)26-23(27-22)28-12-3-2-4-13-28/h8-11,18H,2-7,12-13H2,1H3,(H3,24,25,26,27). The third kappa shape index (κ3) is 3.16. The van der Waals surface area contributed by atoms with Gasteiger partial charge in [-0.3, -0.25) is 4.79 Å². The van der Waals surface area contributed by atoms with Gasteiger partial charge in [-0.1, -0.05) is 29.8 Å². The number of piperidine rings is 1. The fraction of sp³-hybridized carbons (Fsp3) is 0.435. The van der Waals surface area contributed by atoms with E-state index >= 15 is 0 Å². The van der Waals surface area contributed by atoms with E-state index in [-0.39, 0.29) is 11.7 Å². The maximum absolute atomic E-state index is 12.9. The first kappa shape index (κ1) is 18.2. The number of nitrogen functional groups attached to an aromatic ring is 1. The molecular formula is C23H27N5O. The second-order valence-corrected chi connectivity index (χ2v) is 8.36. The molecule has 3 aliphatic rings. The van der Waals surface area contributed by atoms with Gasteiger partial charge in [0, 0.05) is 42.3 Å². The summed E-state index contributed by atoms with van der Waals surface area (Å²) < 4.78 is 0. The van der Waals surface area contributed by atoms with E-state index in [2.05, 4.69) is 46.4 Å². The van der Waals surface area contributed by atoms with Crippen molar-refractivity contribution in [3.63, 3.8) is 0 Å². The van der Waals surface area contributed by atoms with Gasteiger partial charge in [-0.15, -0.1) is 0 Å². The fourth-order valence-electron chi connectivity index (χ4n) is 4.80. The number of ketones is 1. The van der Waals surface area contributed by atoms with Crippen molar-refractivity contribution in [1.82, 2.24) is 9.97 Å². The number of allylic oxidation sites excluding steroid dienone is 2. The van der Waals surface area contributed by atoms with Crippen LogP contribution >= 0.6 is 0 Å². The highest BCUT2D eigenvalue weighted by molar-refractivity contribution is 6.01. The summed E-state index contributed by atoms with van der Waals surface area (Å²) in [5.41, 5.74) is 11.5. The summed E-state index contributed by atoms with van der Waals surface area (Å²) in [6, 6.07) is 8.37. The molecule has 1 saturated heterocycles. The molecule has 150 valence electrons. The highest BCUT2D eigenvalue weighted by Gasteiger charge is 2.38. The molecule has 1 aromatic carbocycles. The normalized spacial score (nSPS) is 21.5. The Morgan fingerprint density at radius 3 is 2.55 bits per heavy atom. The lowest BCUT2D eigenvalue weighted by molar-refractivity contribution is -0.116. The van der Waals surface area contributed by atoms with E-state index in [1.165, 1.54) is 12.0 Å². The molecule has 0 spiro atoms. The molecule has 3 heterocycles. The van der Waals surface area contributed by atoms with E-state index in [4.69, 9.17) is 10.7 Å². The van der Waals surface area contributed by atoms with Gasteiger partial charge in [0.05, 0.1) is 0 Å². The molecule has 6 nitrogen and oxygen atoms in total. The van der Waals surface area contributed by atoms with Crippen LogP contribution in [0.2, 0.25) is 0 Å². The van der Waals surface area contributed by atoms with Crippen LogP contribution in [-0.2, 0) is 4.79 Å². The van der Waals surface area contributed by atoms with Gasteiger partial charge in [-0.25, -0.2) is 0 Å². The van der Waals surface area contributed by atoms with Crippen LogP contribution in [0.1, 0.15) is 61.1 Å². The average Bonchev–Trinajstić information content (AvgIpc) is 2.74. The van der Waals surface area contributed by atoms with Crippen LogP contribution in [0.4, 0.5) is 17.6 Å². The van der Waals surface area contributed by atoms with Crippen molar-refractivity contribution in [2.45, 2.75) is 51.4 Å². The minimum atomic E-state index is -0.204. The molecule has 3 N–H and O–H groups in total. The summed E-state index contributed by atoms with van der Waals surface area (Å²) in [4.78, 5) is 24.7. The van der Waals surface area contributed by atoms with Crippen LogP contribution in [0.25, 0.3) is 0 Å². The Morgan fingerprint density at radius 1 is 1.03 bits per heavy atom. The van der Waals surface area contributed by atoms with Crippen molar-refractivity contribution in [2.24, 2.45) is 0 Å². The van der Waals surface area contributed by atoms with Crippen molar-refractivity contribution < 1.29 is 4.79 Å². The molecule has 1 unspecified atom stereocenters. The minimum Gasteiger partial charge on any atom is -0.383 e. The van der Waals surface area contributed by atoms with Crippen molar-refractivity contribution in [3.8, 4) is 0 Å². The predicted octanol–water partition coefficient (Wildman–Crippen LogP) is 3.92. The number of hydrogen-bond acceptors (Lipinski definition) is 6. The molecule has 1 aliphatic carbocycles. The van der Waals surface area contributed by atoms with Crippen molar-refractivity contribution in [1.29, 1.82) is 0 Å². The topological polar surface area (TPSA) is 84.1 Å². The number of carbonyl (C=O) groups excluding carboxylic acids is 1. The number of carbonyl (C=O) groups is 1. The summed E-state index contributed by atoms with van der Waals surface area (Å²) in [5, 5.41) is 3.46. The van der Waals surface area contributed by atoms with E-state index < -0.39 is 0 Å². The van der Waals surface area contributed by atoms with E-state index in [1.807, 2.05) is 0 Å². The number of aryl methyl sites for hydroxylation is 1. The second kappa shape index (κ2) is 7.17. The highest BCUT2D eigenvalue weighted by atomic mass is 16.1.